The third-order valence-electron chi connectivity index (χ3n) is 5.47. The summed E-state index contributed by atoms with van der Waals surface area (Å²) in [6.07, 6.45) is 0. The molecule has 0 N–H and O–H groups in total. The Labute approximate surface area is 181 Å². The van der Waals surface area contributed by atoms with Crippen LogP contribution in [-0.4, -0.2) is 24.3 Å². The highest BCUT2D eigenvalue weighted by molar-refractivity contribution is 6.30. The lowest BCUT2D eigenvalue weighted by molar-refractivity contribution is 0.0450. The van der Waals surface area contributed by atoms with Crippen LogP contribution in [0.25, 0.3) is 0 Å². The van der Waals surface area contributed by atoms with E-state index >= 15 is 0 Å². The summed E-state index contributed by atoms with van der Waals surface area (Å²) < 4.78 is 5.73. The molecule has 1 aliphatic rings. The summed E-state index contributed by atoms with van der Waals surface area (Å²) in [6.45, 7) is 4.49. The zero-order chi connectivity index (χ0) is 21.1. The van der Waals surface area contributed by atoms with Gasteiger partial charge in [0, 0.05) is 10.4 Å². The van der Waals surface area contributed by atoms with Crippen LogP contribution >= 0.6 is 11.6 Å². The van der Waals surface area contributed by atoms with Gasteiger partial charge in [0.25, 0.3) is 0 Å². The van der Waals surface area contributed by atoms with Gasteiger partial charge in [-0.3, -0.25) is 5.01 Å². The molecule has 30 heavy (non-hydrogen) atoms. The Hall–Kier alpha value is -3.11. The summed E-state index contributed by atoms with van der Waals surface area (Å²) in [5.41, 5.74) is 3.14. The van der Waals surface area contributed by atoms with Crippen LogP contribution in [0.2, 0.25) is 5.02 Å². The smallest absolute Gasteiger partial charge is 0.338 e. The molecule has 3 aromatic carbocycles. The molecule has 0 saturated carbocycles. The quantitative estimate of drug-likeness (QED) is 0.490. The van der Waals surface area contributed by atoms with Gasteiger partial charge in [-0.05, 0) is 42.0 Å². The predicted octanol–water partition coefficient (Wildman–Crippen LogP) is 5.82. The van der Waals surface area contributed by atoms with Crippen LogP contribution in [0.15, 0.2) is 90.0 Å². The Morgan fingerprint density at radius 2 is 1.57 bits per heavy atom. The van der Waals surface area contributed by atoms with Crippen LogP contribution in [0.5, 0.6) is 0 Å². The van der Waals surface area contributed by atoms with Gasteiger partial charge in [0.1, 0.15) is 6.61 Å². The molecule has 5 heteroatoms. The van der Waals surface area contributed by atoms with Gasteiger partial charge < -0.3 is 4.74 Å². The second kappa shape index (κ2) is 8.33. The van der Waals surface area contributed by atoms with E-state index in [9.17, 15) is 4.79 Å². The van der Waals surface area contributed by atoms with Crippen LogP contribution in [0, 0.1) is 5.41 Å². The first-order chi connectivity index (χ1) is 14.5. The maximum Gasteiger partial charge on any atom is 0.338 e. The number of hydrogen-bond donors (Lipinski definition) is 0. The molecule has 4 nitrogen and oxygen atoms in total. The Kier molecular flexibility index (Phi) is 5.60. The van der Waals surface area contributed by atoms with Crippen molar-refractivity contribution in [2.75, 3.05) is 11.6 Å². The van der Waals surface area contributed by atoms with Gasteiger partial charge in [-0.2, -0.15) is 5.10 Å². The number of hydrazone groups is 1. The molecule has 3 aromatic rings. The molecule has 1 atom stereocenters. The molecule has 152 valence electrons. The molecular weight excluding hydrogens is 396 g/mol. The van der Waals surface area contributed by atoms with Gasteiger partial charge in [0.2, 0.25) is 0 Å². The number of halogens is 1. The standard InChI is InChI=1S/C25H23ClN2O2/c1-25(2)22(17-30-24(29)19-13-15-20(26)16-14-19)28(21-11-7-4-8-12-21)27-23(25)18-9-5-3-6-10-18/h3-16,22H,17H2,1-2H3. The summed E-state index contributed by atoms with van der Waals surface area (Å²) in [4.78, 5) is 12.6. The van der Waals surface area contributed by atoms with E-state index in [1.54, 1.807) is 24.3 Å². The van der Waals surface area contributed by atoms with E-state index in [-0.39, 0.29) is 24.0 Å². The number of para-hydroxylation sites is 1. The zero-order valence-corrected chi connectivity index (χ0v) is 17.7. The Morgan fingerprint density at radius 1 is 0.967 bits per heavy atom. The van der Waals surface area contributed by atoms with Crippen molar-refractivity contribution in [3.63, 3.8) is 0 Å². The summed E-state index contributed by atoms with van der Waals surface area (Å²) in [6, 6.07) is 26.7. The minimum Gasteiger partial charge on any atom is -0.460 e. The average Bonchev–Trinajstić information content (AvgIpc) is 3.04. The highest BCUT2D eigenvalue weighted by Gasteiger charge is 2.46. The van der Waals surface area contributed by atoms with Crippen LogP contribution in [0.3, 0.4) is 0 Å². The van der Waals surface area contributed by atoms with Gasteiger partial charge in [-0.25, -0.2) is 4.79 Å². The molecule has 0 bridgehead atoms. The molecule has 1 heterocycles. The van der Waals surface area contributed by atoms with Crippen LogP contribution in [-0.2, 0) is 4.74 Å². The number of esters is 1. The molecule has 1 unspecified atom stereocenters. The van der Waals surface area contributed by atoms with E-state index in [0.29, 0.717) is 10.6 Å². The van der Waals surface area contributed by atoms with Gasteiger partial charge in [-0.1, -0.05) is 74.0 Å². The van der Waals surface area contributed by atoms with Crippen molar-refractivity contribution in [3.8, 4) is 0 Å². The van der Waals surface area contributed by atoms with Crippen LogP contribution in [0.1, 0.15) is 29.8 Å². The van der Waals surface area contributed by atoms with Gasteiger partial charge in [-0.15, -0.1) is 0 Å². The van der Waals surface area contributed by atoms with Crippen molar-refractivity contribution >= 4 is 29.0 Å². The largest absolute Gasteiger partial charge is 0.460 e. The Bertz CT molecular complexity index is 1050. The monoisotopic (exact) mass is 418 g/mol. The lowest BCUT2D eigenvalue weighted by atomic mass is 9.78. The van der Waals surface area contributed by atoms with Crippen molar-refractivity contribution in [2.45, 2.75) is 19.9 Å². The molecular formula is C25H23ClN2O2. The number of nitrogens with zero attached hydrogens (tertiary/aromatic N) is 2. The van der Waals surface area contributed by atoms with Crippen LogP contribution < -0.4 is 5.01 Å². The van der Waals surface area contributed by atoms with E-state index in [2.05, 4.69) is 26.0 Å². The van der Waals surface area contributed by atoms with Crippen molar-refractivity contribution in [3.05, 3.63) is 101 Å². The number of anilines is 1. The Morgan fingerprint density at radius 3 is 2.20 bits per heavy atom. The molecule has 0 spiro atoms. The minimum absolute atomic E-state index is 0.147. The van der Waals surface area contributed by atoms with Crippen molar-refractivity contribution in [1.29, 1.82) is 0 Å². The second-order valence-corrected chi connectivity index (χ2v) is 8.27. The summed E-state index contributed by atoms with van der Waals surface area (Å²) in [7, 11) is 0. The molecule has 0 aromatic heterocycles. The number of ether oxygens (including phenoxy) is 1. The lowest BCUT2D eigenvalue weighted by Gasteiger charge is -2.32. The van der Waals surface area contributed by atoms with Crippen molar-refractivity contribution in [1.82, 2.24) is 0 Å². The fourth-order valence-corrected chi connectivity index (χ4v) is 3.84. The van der Waals surface area contributed by atoms with E-state index in [4.69, 9.17) is 21.4 Å². The minimum atomic E-state index is -0.372. The number of carbonyl (C=O) groups excluding carboxylic acids is 1. The average molecular weight is 419 g/mol. The van der Waals surface area contributed by atoms with E-state index in [1.165, 1.54) is 0 Å². The molecule has 4 rings (SSSR count). The molecule has 0 radical (unpaired) electrons. The number of hydrogen-bond acceptors (Lipinski definition) is 4. The molecule has 0 aliphatic carbocycles. The van der Waals surface area contributed by atoms with Crippen LogP contribution in [0.4, 0.5) is 5.69 Å². The predicted molar refractivity (Wildman–Crippen MR) is 121 cm³/mol. The van der Waals surface area contributed by atoms with E-state index < -0.39 is 0 Å². The first-order valence-corrected chi connectivity index (χ1v) is 10.3. The fraction of sp³-hybridized carbons (Fsp3) is 0.200. The highest BCUT2D eigenvalue weighted by atomic mass is 35.5. The number of rotatable bonds is 5. The van der Waals surface area contributed by atoms with E-state index in [1.807, 2.05) is 53.5 Å². The number of benzene rings is 3. The molecule has 0 fully saturated rings. The Balaban J connectivity index is 1.62. The normalized spacial score (nSPS) is 17.5. The summed E-state index contributed by atoms with van der Waals surface area (Å²) in [5.74, 6) is -0.372. The first-order valence-electron chi connectivity index (χ1n) is 9.88. The van der Waals surface area contributed by atoms with E-state index in [0.717, 1.165) is 17.0 Å². The highest BCUT2D eigenvalue weighted by Crippen LogP contribution is 2.39. The van der Waals surface area contributed by atoms with Gasteiger partial charge >= 0.3 is 5.97 Å². The second-order valence-electron chi connectivity index (χ2n) is 7.84. The summed E-state index contributed by atoms with van der Waals surface area (Å²) >= 11 is 5.92. The maximum atomic E-state index is 12.6. The molecule has 0 saturated heterocycles. The first kappa shape index (κ1) is 20.2. The third kappa shape index (κ3) is 3.96. The lowest BCUT2D eigenvalue weighted by Crippen LogP contribution is -2.44. The SMILES string of the molecule is CC1(C)C(c2ccccc2)=NN(c2ccccc2)C1COC(=O)c1ccc(Cl)cc1. The van der Waals surface area contributed by atoms with Gasteiger partial charge in [0.05, 0.1) is 23.0 Å². The maximum absolute atomic E-state index is 12.6. The zero-order valence-electron chi connectivity index (χ0n) is 17.0. The van der Waals surface area contributed by atoms with Crippen molar-refractivity contribution < 1.29 is 9.53 Å². The molecule has 0 amide bonds. The molecule has 1 aliphatic heterocycles. The third-order valence-corrected chi connectivity index (χ3v) is 5.72. The summed E-state index contributed by atoms with van der Waals surface area (Å²) in [5, 5.41) is 7.52. The van der Waals surface area contributed by atoms with Gasteiger partial charge in [0.15, 0.2) is 0 Å². The topological polar surface area (TPSA) is 41.9 Å². The fourth-order valence-electron chi connectivity index (χ4n) is 3.72. The number of carbonyl (C=O) groups is 1. The van der Waals surface area contributed by atoms with Crippen molar-refractivity contribution in [2.24, 2.45) is 10.5 Å².